The van der Waals surface area contributed by atoms with Crippen LogP contribution in [0, 0.1) is 0 Å². The number of carbonyl (C=O) groups is 1. The van der Waals surface area contributed by atoms with Crippen LogP contribution in [0.3, 0.4) is 0 Å². The summed E-state index contributed by atoms with van der Waals surface area (Å²) in [4.78, 5) is 25.7. The second kappa shape index (κ2) is 12.9. The molecule has 2 aliphatic rings. The zero-order chi connectivity index (χ0) is 32.6. The zero-order valence-corrected chi connectivity index (χ0v) is 27.2. The lowest BCUT2D eigenvalue weighted by molar-refractivity contribution is -0.0347. The van der Waals surface area contributed by atoms with Gasteiger partial charge in [-0.3, -0.25) is 4.79 Å². The number of fused-ring (bicyclic) bond motifs is 2. The van der Waals surface area contributed by atoms with E-state index in [1.54, 1.807) is 17.8 Å². The highest BCUT2D eigenvalue weighted by molar-refractivity contribution is 6.01. The van der Waals surface area contributed by atoms with Crippen molar-refractivity contribution in [3.8, 4) is 11.3 Å². The summed E-state index contributed by atoms with van der Waals surface area (Å²) in [6.07, 6.45) is 9.52. The van der Waals surface area contributed by atoms with E-state index < -0.39 is 0 Å². The van der Waals surface area contributed by atoms with Gasteiger partial charge in [0.2, 0.25) is 0 Å². The van der Waals surface area contributed by atoms with E-state index >= 15 is 0 Å². The molecular formula is C38H39N7O3. The maximum Gasteiger partial charge on any atom is 0.257 e. The molecular weight excluding hydrogens is 602 g/mol. The molecule has 2 unspecified atom stereocenters. The van der Waals surface area contributed by atoms with Gasteiger partial charge >= 0.3 is 0 Å². The van der Waals surface area contributed by atoms with E-state index in [0.717, 1.165) is 53.8 Å². The Morgan fingerprint density at radius 2 is 1.75 bits per heavy atom. The Hall–Kier alpha value is -5.06. The zero-order valence-electron chi connectivity index (χ0n) is 27.2. The Labute approximate surface area is 279 Å². The van der Waals surface area contributed by atoms with Crippen LogP contribution >= 0.6 is 0 Å². The first kappa shape index (κ1) is 30.3. The third kappa shape index (κ3) is 5.71. The quantitative estimate of drug-likeness (QED) is 0.180. The van der Waals surface area contributed by atoms with Crippen LogP contribution in [0.2, 0.25) is 0 Å². The smallest absolute Gasteiger partial charge is 0.257 e. The molecule has 4 heterocycles. The molecule has 48 heavy (non-hydrogen) atoms. The molecule has 10 nitrogen and oxygen atoms in total. The van der Waals surface area contributed by atoms with Crippen molar-refractivity contribution in [3.05, 3.63) is 114 Å². The van der Waals surface area contributed by atoms with Crippen LogP contribution < -0.4 is 10.2 Å². The van der Waals surface area contributed by atoms with Crippen molar-refractivity contribution in [1.82, 2.24) is 29.5 Å². The molecule has 0 spiro atoms. The van der Waals surface area contributed by atoms with Crippen molar-refractivity contribution in [2.75, 3.05) is 19.1 Å². The summed E-state index contributed by atoms with van der Waals surface area (Å²) in [6, 6.07) is 27.0. The first-order valence-corrected chi connectivity index (χ1v) is 16.6. The number of nitrogens with one attached hydrogen (secondary N) is 1. The van der Waals surface area contributed by atoms with E-state index in [4.69, 9.17) is 19.4 Å². The molecule has 0 radical (unpaired) electrons. The number of aromatic nitrogens is 5. The second-order valence-electron chi connectivity index (χ2n) is 12.9. The fraction of sp³-hybridized carbons (Fsp3) is 0.316. The highest BCUT2D eigenvalue weighted by Gasteiger charge is 2.34. The van der Waals surface area contributed by atoms with Gasteiger partial charge in [-0.1, -0.05) is 60.7 Å². The number of benzene rings is 2. The molecule has 2 fully saturated rings. The number of rotatable bonds is 11. The van der Waals surface area contributed by atoms with Gasteiger partial charge in [0.05, 0.1) is 36.7 Å². The summed E-state index contributed by atoms with van der Waals surface area (Å²) in [5.41, 5.74) is 5.95. The third-order valence-corrected chi connectivity index (χ3v) is 9.84. The van der Waals surface area contributed by atoms with Crippen LogP contribution in [-0.4, -0.2) is 62.5 Å². The van der Waals surface area contributed by atoms with E-state index in [1.807, 2.05) is 55.7 Å². The maximum absolute atomic E-state index is 13.6. The molecule has 0 saturated heterocycles. The summed E-state index contributed by atoms with van der Waals surface area (Å²) in [5, 5.41) is 8.85. The average molecular weight is 642 g/mol. The third-order valence-electron chi connectivity index (χ3n) is 9.84. The maximum atomic E-state index is 13.6. The van der Waals surface area contributed by atoms with E-state index in [9.17, 15) is 4.79 Å². The van der Waals surface area contributed by atoms with Crippen LogP contribution in [0.25, 0.3) is 27.9 Å². The lowest BCUT2D eigenvalue weighted by atomic mass is 9.89. The fourth-order valence-electron chi connectivity index (χ4n) is 6.87. The van der Waals surface area contributed by atoms with Gasteiger partial charge in [0.1, 0.15) is 17.0 Å². The summed E-state index contributed by atoms with van der Waals surface area (Å²) >= 11 is 0. The number of hydrogen-bond acceptors (Lipinski definition) is 7. The van der Waals surface area contributed by atoms with Gasteiger partial charge in [-0.25, -0.2) is 9.97 Å². The van der Waals surface area contributed by atoms with Gasteiger partial charge in [0, 0.05) is 56.2 Å². The molecule has 0 aliphatic heterocycles. The predicted molar refractivity (Wildman–Crippen MR) is 185 cm³/mol. The minimum absolute atomic E-state index is 0.0205. The van der Waals surface area contributed by atoms with Crippen LogP contribution in [0.15, 0.2) is 97.5 Å². The molecule has 1 N–H and O–H groups in total. The van der Waals surface area contributed by atoms with Crippen molar-refractivity contribution in [2.45, 2.75) is 63.1 Å². The van der Waals surface area contributed by atoms with Crippen LogP contribution in [0.4, 0.5) is 5.82 Å². The molecule has 6 aromatic rings. The first-order chi connectivity index (χ1) is 23.6. The van der Waals surface area contributed by atoms with Crippen LogP contribution in [0.5, 0.6) is 0 Å². The van der Waals surface area contributed by atoms with Crippen molar-refractivity contribution in [1.29, 1.82) is 0 Å². The topological polar surface area (TPSA) is 98.8 Å². The summed E-state index contributed by atoms with van der Waals surface area (Å²) in [5.74, 6) is 0.636. The van der Waals surface area contributed by atoms with E-state index in [2.05, 4.69) is 62.5 Å². The molecule has 2 atom stereocenters. The van der Waals surface area contributed by atoms with E-state index in [1.165, 1.54) is 11.1 Å². The highest BCUT2D eigenvalue weighted by Crippen LogP contribution is 2.40. The molecule has 244 valence electrons. The molecule has 8 rings (SSSR count). The standard InChI is InChI=1S/C38H39N7O3/c1-43(22-25-10-5-3-6-11-25)35-20-33(41-37-30(21-40-45(35)37)38(46)42-32-15-16-34(32)47-2)31-23-44(36-29(31)14-9-17-39-36)27-18-28(19-27)48-24-26-12-7-4-8-13-26/h3-14,17,20-21,23,27-28,32,34H,15-16,18-19,22,24H2,1-2H3,(H,42,46). The minimum atomic E-state index is -0.196. The van der Waals surface area contributed by atoms with Crippen molar-refractivity contribution in [3.63, 3.8) is 0 Å². The van der Waals surface area contributed by atoms with E-state index in [0.29, 0.717) is 24.4 Å². The van der Waals surface area contributed by atoms with Gasteiger partial charge in [-0.05, 0) is 48.9 Å². The molecule has 2 aromatic carbocycles. The number of anilines is 1. The number of hydrogen-bond donors (Lipinski definition) is 1. The lowest BCUT2D eigenvalue weighted by Crippen LogP contribution is -2.51. The summed E-state index contributed by atoms with van der Waals surface area (Å²) < 4.78 is 15.8. The Bertz CT molecular complexity index is 2050. The molecule has 2 saturated carbocycles. The second-order valence-corrected chi connectivity index (χ2v) is 12.9. The Balaban J connectivity index is 1.14. The molecule has 2 aliphatic carbocycles. The van der Waals surface area contributed by atoms with Gasteiger partial charge in [-0.2, -0.15) is 9.61 Å². The number of amides is 1. The van der Waals surface area contributed by atoms with Gasteiger partial charge in [0.15, 0.2) is 5.65 Å². The first-order valence-electron chi connectivity index (χ1n) is 16.6. The Morgan fingerprint density at radius 3 is 2.48 bits per heavy atom. The molecule has 4 aromatic heterocycles. The number of pyridine rings is 1. The van der Waals surface area contributed by atoms with Crippen molar-refractivity contribution >= 4 is 28.4 Å². The number of nitrogens with zero attached hydrogens (tertiary/aromatic N) is 6. The normalized spacial score (nSPS) is 20.4. The largest absolute Gasteiger partial charge is 0.379 e. The Kier molecular flexibility index (Phi) is 8.11. The van der Waals surface area contributed by atoms with E-state index in [-0.39, 0.29) is 30.2 Å². The number of ether oxygens (including phenoxy) is 2. The SMILES string of the molecule is COC1CCC1NC(=O)c1cnn2c(N(C)Cc3ccccc3)cc(-c3cn(C4CC(OCc5ccccc5)C4)c4ncccc34)nc12. The van der Waals surface area contributed by atoms with Crippen LogP contribution in [-0.2, 0) is 22.6 Å². The minimum Gasteiger partial charge on any atom is -0.379 e. The number of methoxy groups -OCH3 is 1. The highest BCUT2D eigenvalue weighted by atomic mass is 16.5. The number of carbonyl (C=O) groups excluding carboxylic acids is 1. The Morgan fingerprint density at radius 1 is 0.979 bits per heavy atom. The average Bonchev–Trinajstić information content (AvgIpc) is 3.69. The molecule has 0 bridgehead atoms. The predicted octanol–water partition coefficient (Wildman–Crippen LogP) is 6.21. The fourth-order valence-corrected chi connectivity index (χ4v) is 6.87. The van der Waals surface area contributed by atoms with Crippen molar-refractivity contribution in [2.24, 2.45) is 0 Å². The lowest BCUT2D eigenvalue weighted by Gasteiger charge is -2.36. The van der Waals surface area contributed by atoms with Crippen molar-refractivity contribution < 1.29 is 14.3 Å². The van der Waals surface area contributed by atoms with Gasteiger partial charge in [0.25, 0.3) is 5.91 Å². The summed E-state index contributed by atoms with van der Waals surface area (Å²) in [7, 11) is 3.73. The molecule has 10 heteroatoms. The monoisotopic (exact) mass is 641 g/mol. The summed E-state index contributed by atoms with van der Waals surface area (Å²) in [6.45, 7) is 1.28. The van der Waals surface area contributed by atoms with Gasteiger partial charge < -0.3 is 24.3 Å². The molecule has 1 amide bonds. The van der Waals surface area contributed by atoms with Gasteiger partial charge in [-0.15, -0.1) is 0 Å². The van der Waals surface area contributed by atoms with Crippen LogP contribution in [0.1, 0.15) is 53.2 Å².